The van der Waals surface area contributed by atoms with Gasteiger partial charge in [-0.3, -0.25) is 19.7 Å². The zero-order chi connectivity index (χ0) is 22.5. The Balaban J connectivity index is 1.78. The van der Waals surface area contributed by atoms with Gasteiger partial charge in [0.05, 0.1) is 17.6 Å². The normalized spacial score (nSPS) is 10.8. The monoisotopic (exact) mass is 424 g/mol. The summed E-state index contributed by atoms with van der Waals surface area (Å²) in [4.78, 5) is 50.8. The lowest BCUT2D eigenvalue weighted by Crippen LogP contribution is -2.36. The molecule has 3 rings (SSSR count). The minimum Gasteiger partial charge on any atom is -0.449 e. The topological polar surface area (TPSA) is 122 Å². The van der Waals surface area contributed by atoms with Crippen LogP contribution >= 0.6 is 0 Å². The van der Waals surface area contributed by atoms with E-state index < -0.39 is 23.1 Å². The van der Waals surface area contributed by atoms with Crippen LogP contribution < -0.4 is 21.8 Å². The van der Waals surface area contributed by atoms with Crippen molar-refractivity contribution < 1.29 is 14.3 Å². The van der Waals surface area contributed by atoms with Crippen LogP contribution in [0.1, 0.15) is 31.1 Å². The van der Waals surface area contributed by atoms with Crippen LogP contribution in [0, 0.1) is 5.92 Å². The number of carbonyl (C=O) groups is 2. The van der Waals surface area contributed by atoms with Crippen molar-refractivity contribution >= 4 is 34.4 Å². The Kier molecular flexibility index (Phi) is 6.54. The Morgan fingerprint density at radius 1 is 1.06 bits per heavy atom. The van der Waals surface area contributed by atoms with E-state index in [1.807, 2.05) is 13.8 Å². The van der Waals surface area contributed by atoms with E-state index in [9.17, 15) is 19.2 Å². The summed E-state index contributed by atoms with van der Waals surface area (Å²) >= 11 is 0. The van der Waals surface area contributed by atoms with Gasteiger partial charge >= 0.3 is 17.2 Å². The number of anilines is 2. The van der Waals surface area contributed by atoms with Gasteiger partial charge in [-0.15, -0.1) is 0 Å². The van der Waals surface area contributed by atoms with Crippen LogP contribution in [0.25, 0.3) is 11.0 Å². The van der Waals surface area contributed by atoms with E-state index in [4.69, 9.17) is 4.74 Å². The number of nitrogens with zero attached hydrogens (tertiary/aromatic N) is 1. The fraction of sp³-hybridized carbons (Fsp3) is 0.273. The number of aryl methyl sites for hydroxylation is 1. The first-order valence-corrected chi connectivity index (χ1v) is 9.90. The first kappa shape index (κ1) is 21.8. The molecule has 1 heterocycles. The molecule has 0 fully saturated rings. The lowest BCUT2D eigenvalue weighted by atomic mass is 10.1. The third-order valence-electron chi connectivity index (χ3n) is 4.47. The number of H-pyrrole nitrogens is 1. The van der Waals surface area contributed by atoms with Gasteiger partial charge in [-0.1, -0.05) is 19.9 Å². The van der Waals surface area contributed by atoms with Crippen molar-refractivity contribution in [2.45, 2.75) is 27.3 Å². The van der Waals surface area contributed by atoms with Gasteiger partial charge in [-0.05, 0) is 49.2 Å². The predicted octanol–water partition coefficient (Wildman–Crippen LogP) is 3.17. The van der Waals surface area contributed by atoms with Crippen LogP contribution in [0.5, 0.6) is 0 Å². The minimum absolute atomic E-state index is 0.222. The summed E-state index contributed by atoms with van der Waals surface area (Å²) in [7, 11) is 0. The molecule has 0 bridgehead atoms. The van der Waals surface area contributed by atoms with E-state index >= 15 is 0 Å². The lowest BCUT2D eigenvalue weighted by Gasteiger charge is -2.11. The maximum atomic E-state index is 12.7. The molecule has 0 saturated carbocycles. The van der Waals surface area contributed by atoms with Crippen molar-refractivity contribution in [3.8, 4) is 0 Å². The summed E-state index contributed by atoms with van der Waals surface area (Å²) < 4.78 is 6.44. The standard InChI is InChI=1S/C22H24N4O5/c1-4-26-18-9-8-14(10-17(18)25-20(28)21(26)29)19(27)23-15-6-5-7-16(11-15)24-22(30)31-12-13(2)3/h5-11,13H,4,12H2,1-3H3,(H,23,27)(H,24,30)(H,25,28). The van der Waals surface area contributed by atoms with Crippen LogP contribution in [0.15, 0.2) is 52.1 Å². The predicted molar refractivity (Wildman–Crippen MR) is 119 cm³/mol. The molecule has 0 unspecified atom stereocenters. The van der Waals surface area contributed by atoms with Gasteiger partial charge < -0.3 is 19.6 Å². The smallest absolute Gasteiger partial charge is 0.411 e. The molecule has 162 valence electrons. The van der Waals surface area contributed by atoms with Crippen molar-refractivity contribution in [3.05, 3.63) is 68.7 Å². The number of fused-ring (bicyclic) bond motifs is 1. The van der Waals surface area contributed by atoms with Gasteiger partial charge in [-0.2, -0.15) is 0 Å². The van der Waals surface area contributed by atoms with Crippen molar-refractivity contribution in [2.24, 2.45) is 5.92 Å². The molecule has 0 atom stereocenters. The number of amides is 2. The fourth-order valence-electron chi connectivity index (χ4n) is 3.01. The first-order valence-electron chi connectivity index (χ1n) is 9.90. The average Bonchev–Trinajstić information content (AvgIpc) is 2.73. The summed E-state index contributed by atoms with van der Waals surface area (Å²) in [5.41, 5.74) is 0.801. The maximum Gasteiger partial charge on any atom is 0.411 e. The van der Waals surface area contributed by atoms with Crippen LogP contribution in [0.4, 0.5) is 16.2 Å². The Morgan fingerprint density at radius 3 is 2.45 bits per heavy atom. The van der Waals surface area contributed by atoms with Gasteiger partial charge in [-0.25, -0.2) is 4.79 Å². The van der Waals surface area contributed by atoms with Crippen molar-refractivity contribution in [1.29, 1.82) is 0 Å². The molecule has 2 aromatic carbocycles. The first-order chi connectivity index (χ1) is 14.8. The zero-order valence-electron chi connectivity index (χ0n) is 17.5. The molecule has 3 N–H and O–H groups in total. The van der Waals surface area contributed by atoms with Crippen molar-refractivity contribution in [2.75, 3.05) is 17.2 Å². The number of ether oxygens (including phenoxy) is 1. The molecular weight excluding hydrogens is 400 g/mol. The van der Waals surface area contributed by atoms with Gasteiger partial charge in [0.15, 0.2) is 0 Å². The fourth-order valence-corrected chi connectivity index (χ4v) is 3.01. The minimum atomic E-state index is -0.741. The maximum absolute atomic E-state index is 12.7. The van der Waals surface area contributed by atoms with Gasteiger partial charge in [0, 0.05) is 23.5 Å². The molecule has 0 aliphatic heterocycles. The van der Waals surface area contributed by atoms with E-state index in [1.54, 1.807) is 43.3 Å². The quantitative estimate of drug-likeness (QED) is 0.525. The van der Waals surface area contributed by atoms with E-state index in [1.165, 1.54) is 10.6 Å². The molecule has 0 aliphatic carbocycles. The van der Waals surface area contributed by atoms with E-state index in [-0.39, 0.29) is 5.92 Å². The number of aromatic amines is 1. The zero-order valence-corrected chi connectivity index (χ0v) is 17.5. The Hall–Kier alpha value is -3.88. The highest BCUT2D eigenvalue weighted by atomic mass is 16.5. The van der Waals surface area contributed by atoms with Crippen molar-refractivity contribution in [3.63, 3.8) is 0 Å². The molecule has 0 aliphatic rings. The SMILES string of the molecule is CCn1c(=O)c(=O)[nH]c2cc(C(=O)Nc3cccc(NC(=O)OCC(C)C)c3)ccc21. The van der Waals surface area contributed by atoms with Crippen LogP contribution in [0.3, 0.4) is 0 Å². The van der Waals surface area contributed by atoms with Crippen molar-refractivity contribution in [1.82, 2.24) is 9.55 Å². The molecular formula is C22H24N4O5. The number of benzene rings is 2. The van der Waals surface area contributed by atoms with Crippen LogP contribution in [-0.4, -0.2) is 28.2 Å². The highest BCUT2D eigenvalue weighted by Gasteiger charge is 2.12. The molecule has 3 aromatic rings. The number of hydrogen-bond acceptors (Lipinski definition) is 5. The van der Waals surface area contributed by atoms with E-state index in [0.29, 0.717) is 41.1 Å². The Morgan fingerprint density at radius 2 is 1.77 bits per heavy atom. The summed E-state index contributed by atoms with van der Waals surface area (Å²) in [6.45, 7) is 6.28. The summed E-state index contributed by atoms with van der Waals surface area (Å²) in [6, 6.07) is 11.4. The van der Waals surface area contributed by atoms with E-state index in [2.05, 4.69) is 15.6 Å². The summed E-state index contributed by atoms with van der Waals surface area (Å²) in [6.07, 6.45) is -0.572. The average molecular weight is 424 g/mol. The molecule has 9 heteroatoms. The second-order valence-electron chi connectivity index (χ2n) is 7.39. The summed E-state index contributed by atoms with van der Waals surface area (Å²) in [5.74, 6) is -0.183. The molecule has 9 nitrogen and oxygen atoms in total. The van der Waals surface area contributed by atoms with Crippen LogP contribution in [0.2, 0.25) is 0 Å². The van der Waals surface area contributed by atoms with Gasteiger partial charge in [0.25, 0.3) is 5.91 Å². The molecule has 31 heavy (non-hydrogen) atoms. The van der Waals surface area contributed by atoms with Crippen LogP contribution in [-0.2, 0) is 11.3 Å². The number of aromatic nitrogens is 2. The number of carbonyl (C=O) groups excluding carboxylic acids is 2. The third kappa shape index (κ3) is 5.19. The molecule has 2 amide bonds. The second kappa shape index (κ2) is 9.29. The molecule has 1 aromatic heterocycles. The number of rotatable bonds is 6. The second-order valence-corrected chi connectivity index (χ2v) is 7.39. The summed E-state index contributed by atoms with van der Waals surface area (Å²) in [5, 5.41) is 5.36. The largest absolute Gasteiger partial charge is 0.449 e. The molecule has 0 saturated heterocycles. The Bertz CT molecular complexity index is 1240. The highest BCUT2D eigenvalue weighted by Crippen LogP contribution is 2.18. The van der Waals surface area contributed by atoms with E-state index in [0.717, 1.165) is 0 Å². The lowest BCUT2D eigenvalue weighted by molar-refractivity contribution is 0.102. The van der Waals surface area contributed by atoms with Gasteiger partial charge in [0.1, 0.15) is 0 Å². The van der Waals surface area contributed by atoms with Gasteiger partial charge in [0.2, 0.25) is 0 Å². The number of hydrogen-bond donors (Lipinski definition) is 3. The third-order valence-corrected chi connectivity index (χ3v) is 4.47. The number of nitrogens with one attached hydrogen (secondary N) is 3. The molecule has 0 radical (unpaired) electrons. The Labute approximate surface area is 178 Å². The molecule has 0 spiro atoms. The highest BCUT2D eigenvalue weighted by molar-refractivity contribution is 6.06.